The molecule has 182 valence electrons. The first-order chi connectivity index (χ1) is 14.3. The molecule has 1 aliphatic heterocycles. The van der Waals surface area contributed by atoms with E-state index in [0.29, 0.717) is 0 Å². The number of aliphatic hydroxyl groups is 1. The van der Waals surface area contributed by atoms with Gasteiger partial charge in [-0.15, -0.1) is 0 Å². The molecule has 1 aromatic rings. The van der Waals surface area contributed by atoms with Crippen LogP contribution in [0.2, 0.25) is 18.1 Å². The lowest BCUT2D eigenvalue weighted by Crippen LogP contribution is -2.54. The number of amides is 1. The molecule has 2 rings (SSSR count). The van der Waals surface area contributed by atoms with Gasteiger partial charge in [-0.2, -0.15) is 13.2 Å². The number of aromatic amines is 1. The van der Waals surface area contributed by atoms with Crippen LogP contribution in [0.3, 0.4) is 0 Å². The molecule has 1 unspecified atom stereocenters. The van der Waals surface area contributed by atoms with Gasteiger partial charge in [-0.05, 0) is 32.0 Å². The van der Waals surface area contributed by atoms with Crippen molar-refractivity contribution >= 4 is 14.2 Å². The van der Waals surface area contributed by atoms with E-state index in [0.717, 1.165) is 4.57 Å². The highest BCUT2D eigenvalue weighted by molar-refractivity contribution is 6.74. The quantitative estimate of drug-likeness (QED) is 0.435. The Kier molecular flexibility index (Phi) is 6.93. The van der Waals surface area contributed by atoms with Crippen molar-refractivity contribution in [2.45, 2.75) is 89.5 Å². The molecule has 1 aromatic heterocycles. The highest BCUT2D eigenvalue weighted by Gasteiger charge is 2.53. The molecule has 13 heteroatoms. The molecule has 1 saturated heterocycles. The van der Waals surface area contributed by atoms with Crippen LogP contribution in [0.25, 0.3) is 0 Å². The summed E-state index contributed by atoms with van der Waals surface area (Å²) in [6.07, 6.45) is -8.35. The van der Waals surface area contributed by atoms with Gasteiger partial charge in [0.25, 0.3) is 5.56 Å². The summed E-state index contributed by atoms with van der Waals surface area (Å²) in [5.41, 5.74) is -2.63. The fraction of sp³-hybridized carbons (Fsp3) is 0.737. The minimum absolute atomic E-state index is 0.0193. The lowest BCUT2D eigenvalue weighted by Gasteiger charge is -2.39. The Morgan fingerprint density at radius 1 is 1.38 bits per heavy atom. The summed E-state index contributed by atoms with van der Waals surface area (Å²) in [5, 5.41) is 11.7. The van der Waals surface area contributed by atoms with Crippen molar-refractivity contribution in [3.05, 3.63) is 32.6 Å². The van der Waals surface area contributed by atoms with Crippen LogP contribution in [0.5, 0.6) is 0 Å². The molecule has 0 saturated carbocycles. The molecular weight excluding hydrogens is 451 g/mol. The number of aryl methyl sites for hydroxylation is 1. The van der Waals surface area contributed by atoms with E-state index in [2.05, 4.69) is 4.98 Å². The van der Waals surface area contributed by atoms with Crippen LogP contribution in [0.4, 0.5) is 13.2 Å². The molecular formula is C19H30F3N3O6Si. The largest absolute Gasteiger partial charge is 0.471 e. The number of hydrogen-bond acceptors (Lipinski definition) is 6. The Hall–Kier alpha value is -1.96. The summed E-state index contributed by atoms with van der Waals surface area (Å²) in [6, 6.07) is 0. The second-order valence-corrected chi connectivity index (χ2v) is 14.5. The molecule has 4 atom stereocenters. The lowest BCUT2D eigenvalue weighted by molar-refractivity contribution is -0.183. The molecule has 9 nitrogen and oxygen atoms in total. The Labute approximate surface area is 184 Å². The van der Waals surface area contributed by atoms with Gasteiger partial charge in [0.1, 0.15) is 11.8 Å². The summed E-state index contributed by atoms with van der Waals surface area (Å²) < 4.78 is 51.4. The third-order valence-electron chi connectivity index (χ3n) is 6.07. The van der Waals surface area contributed by atoms with Gasteiger partial charge in [-0.25, -0.2) is 4.79 Å². The average molecular weight is 482 g/mol. The highest BCUT2D eigenvalue weighted by atomic mass is 28.4. The van der Waals surface area contributed by atoms with E-state index in [9.17, 15) is 32.7 Å². The van der Waals surface area contributed by atoms with Crippen molar-refractivity contribution in [3.63, 3.8) is 0 Å². The molecule has 0 aromatic carbocycles. The number of carbonyl (C=O) groups excluding carboxylic acids is 1. The monoisotopic (exact) mass is 481 g/mol. The van der Waals surface area contributed by atoms with Gasteiger partial charge in [0.15, 0.2) is 14.5 Å². The van der Waals surface area contributed by atoms with Crippen LogP contribution < -0.4 is 16.6 Å². The van der Waals surface area contributed by atoms with E-state index < -0.39 is 55.8 Å². The van der Waals surface area contributed by atoms with Crippen LogP contribution in [-0.2, 0) is 19.7 Å². The van der Waals surface area contributed by atoms with E-state index in [-0.39, 0.29) is 17.0 Å². The molecule has 0 radical (unpaired) electrons. The molecule has 0 aliphatic carbocycles. The number of H-pyrrole nitrogens is 1. The first-order valence-corrected chi connectivity index (χ1v) is 12.9. The van der Waals surface area contributed by atoms with Crippen molar-refractivity contribution in [2.75, 3.05) is 0 Å². The van der Waals surface area contributed by atoms with Crippen molar-refractivity contribution < 1.29 is 32.2 Å². The Morgan fingerprint density at radius 2 is 1.94 bits per heavy atom. The predicted molar refractivity (Wildman–Crippen MR) is 111 cm³/mol. The number of aliphatic hydroxyl groups excluding tert-OH is 1. The van der Waals surface area contributed by atoms with Crippen LogP contribution >= 0.6 is 0 Å². The fourth-order valence-electron chi connectivity index (χ4n) is 3.21. The topological polar surface area (TPSA) is 123 Å². The number of hydrogen-bond donors (Lipinski definition) is 3. The summed E-state index contributed by atoms with van der Waals surface area (Å²) >= 11 is 0. The molecule has 0 spiro atoms. The molecule has 1 amide bonds. The first kappa shape index (κ1) is 26.3. The van der Waals surface area contributed by atoms with Gasteiger partial charge < -0.3 is 19.6 Å². The third-order valence-corrected chi connectivity index (χ3v) is 10.6. The Morgan fingerprint density at radius 3 is 2.44 bits per heavy atom. The second kappa shape index (κ2) is 8.43. The highest BCUT2D eigenvalue weighted by Crippen LogP contribution is 2.43. The Bertz CT molecular complexity index is 984. The molecule has 1 fully saturated rings. The minimum atomic E-state index is -5.20. The number of halogens is 3. The van der Waals surface area contributed by atoms with E-state index >= 15 is 0 Å². The normalized spacial score (nSPS) is 25.6. The molecule has 0 bridgehead atoms. The smallest absolute Gasteiger partial charge is 0.411 e. The molecule has 2 heterocycles. The maximum absolute atomic E-state index is 12.7. The number of nitrogens with zero attached hydrogens (tertiary/aromatic N) is 1. The summed E-state index contributed by atoms with van der Waals surface area (Å²) in [4.78, 5) is 37.7. The van der Waals surface area contributed by atoms with E-state index in [1.807, 2.05) is 33.9 Å². The van der Waals surface area contributed by atoms with Crippen molar-refractivity contribution in [1.82, 2.24) is 14.9 Å². The zero-order valence-electron chi connectivity index (χ0n) is 19.1. The lowest BCUT2D eigenvalue weighted by atomic mass is 10.1. The Balaban J connectivity index is 2.46. The van der Waals surface area contributed by atoms with Gasteiger partial charge in [0.2, 0.25) is 0 Å². The number of nitrogens with one attached hydrogen (secondary N) is 2. The van der Waals surface area contributed by atoms with Gasteiger partial charge in [-0.3, -0.25) is 19.1 Å². The molecule has 1 aliphatic rings. The van der Waals surface area contributed by atoms with Gasteiger partial charge in [-0.1, -0.05) is 20.8 Å². The third kappa shape index (κ3) is 5.33. The van der Waals surface area contributed by atoms with E-state index in [1.54, 1.807) is 0 Å². The van der Waals surface area contributed by atoms with Crippen molar-refractivity contribution in [3.8, 4) is 0 Å². The van der Waals surface area contributed by atoms with E-state index in [4.69, 9.17) is 9.16 Å². The van der Waals surface area contributed by atoms with Crippen molar-refractivity contribution in [2.24, 2.45) is 0 Å². The van der Waals surface area contributed by atoms with Crippen LogP contribution in [0.1, 0.15) is 39.7 Å². The predicted octanol–water partition coefficient (Wildman–Crippen LogP) is 1.69. The summed E-state index contributed by atoms with van der Waals surface area (Å²) in [6.45, 7) is 12.7. The average Bonchev–Trinajstić information content (AvgIpc) is 2.93. The molecule has 3 N–H and O–H groups in total. The maximum atomic E-state index is 12.7. The number of ether oxygens (including phenoxy) is 1. The van der Waals surface area contributed by atoms with Crippen LogP contribution in [0, 0.1) is 6.92 Å². The van der Waals surface area contributed by atoms with Gasteiger partial charge in [0.05, 0.1) is 6.10 Å². The minimum Gasteiger partial charge on any atom is -0.411 e. The van der Waals surface area contributed by atoms with E-state index in [1.165, 1.54) is 25.4 Å². The van der Waals surface area contributed by atoms with Gasteiger partial charge in [0, 0.05) is 18.2 Å². The summed E-state index contributed by atoms with van der Waals surface area (Å²) in [5.74, 6) is -2.33. The SMILES string of the molecule is Cc1cn([C@@]2(C)C[C@H](O[Si](C)(C)C(C)(C)C)[C@@H](C(O)NC(=O)C(F)(F)F)O2)c(=O)[nH]c1=O. The van der Waals surface area contributed by atoms with Crippen LogP contribution in [-0.4, -0.2) is 53.5 Å². The second-order valence-electron chi connectivity index (χ2n) is 9.74. The summed E-state index contributed by atoms with van der Waals surface area (Å²) in [7, 11) is -2.50. The zero-order chi connectivity index (χ0) is 24.9. The number of aromatic nitrogens is 2. The first-order valence-electron chi connectivity index (χ1n) is 10.0. The standard InChI is InChI=1S/C19H30F3N3O6Si/c1-10-9-25(16(29)24-13(10)26)18(5)8-11(31-32(6,7)17(2,3)4)12(30-18)14(27)23-15(28)19(20,21)22/h9,11-12,14,27H,8H2,1-7H3,(H,23,28)(H,24,26,29)/t11-,12-,14?,18+/m0/s1. The van der Waals surface area contributed by atoms with Crippen molar-refractivity contribution in [1.29, 1.82) is 0 Å². The molecule has 32 heavy (non-hydrogen) atoms. The zero-order valence-corrected chi connectivity index (χ0v) is 20.1. The number of alkyl halides is 3. The number of rotatable bonds is 5. The van der Waals surface area contributed by atoms with Gasteiger partial charge >= 0.3 is 17.8 Å². The van der Waals surface area contributed by atoms with Crippen LogP contribution in [0.15, 0.2) is 15.8 Å². The fourth-order valence-corrected chi connectivity index (χ4v) is 4.54. The number of carbonyl (C=O) groups is 1. The maximum Gasteiger partial charge on any atom is 0.471 e.